The predicted octanol–water partition coefficient (Wildman–Crippen LogP) is 1.25. The van der Waals surface area contributed by atoms with Crippen LogP contribution in [0.3, 0.4) is 0 Å². The summed E-state index contributed by atoms with van der Waals surface area (Å²) < 4.78 is 25.3. The van der Waals surface area contributed by atoms with Crippen LogP contribution in [0.15, 0.2) is 18.2 Å². The van der Waals surface area contributed by atoms with Crippen molar-refractivity contribution in [1.29, 1.82) is 0 Å². The summed E-state index contributed by atoms with van der Waals surface area (Å²) in [5.74, 6) is -1.65. The summed E-state index contributed by atoms with van der Waals surface area (Å²) in [5.41, 5.74) is 1.46. The van der Waals surface area contributed by atoms with Crippen LogP contribution >= 0.6 is 0 Å². The van der Waals surface area contributed by atoms with Gasteiger partial charge in [-0.1, -0.05) is 26.8 Å². The van der Waals surface area contributed by atoms with Gasteiger partial charge in [-0.25, -0.2) is 8.42 Å². The van der Waals surface area contributed by atoms with Gasteiger partial charge in [-0.3, -0.25) is 13.9 Å². The highest BCUT2D eigenvalue weighted by Crippen LogP contribution is 2.31. The molecular formula is C19H29N3O5S. The van der Waals surface area contributed by atoms with Gasteiger partial charge >= 0.3 is 11.8 Å². The number of rotatable bonds is 5. The van der Waals surface area contributed by atoms with Crippen LogP contribution in [-0.2, 0) is 26.0 Å². The van der Waals surface area contributed by atoms with Crippen molar-refractivity contribution in [1.82, 2.24) is 5.32 Å². The van der Waals surface area contributed by atoms with E-state index >= 15 is 0 Å². The molecule has 156 valence electrons. The number of aliphatic hydroxyl groups is 1. The second-order valence-corrected chi connectivity index (χ2v) is 10.1. The first-order valence-corrected chi connectivity index (χ1v) is 11.1. The molecule has 0 bridgehead atoms. The quantitative estimate of drug-likeness (QED) is 0.631. The summed E-state index contributed by atoms with van der Waals surface area (Å²) in [5, 5.41) is 15.0. The number of sulfonamides is 1. The maximum absolute atomic E-state index is 12.1. The molecule has 2 rings (SSSR count). The van der Waals surface area contributed by atoms with E-state index in [0.29, 0.717) is 24.3 Å². The van der Waals surface area contributed by atoms with Crippen LogP contribution in [0.1, 0.15) is 39.2 Å². The Hall–Kier alpha value is -2.13. The summed E-state index contributed by atoms with van der Waals surface area (Å²) in [4.78, 5) is 24.1. The fourth-order valence-corrected chi connectivity index (χ4v) is 3.97. The van der Waals surface area contributed by atoms with Gasteiger partial charge < -0.3 is 15.7 Å². The zero-order valence-corrected chi connectivity index (χ0v) is 17.6. The maximum Gasteiger partial charge on any atom is 0.313 e. The van der Waals surface area contributed by atoms with E-state index in [9.17, 15) is 23.1 Å². The number of nitrogens with zero attached hydrogens (tertiary/aromatic N) is 1. The Morgan fingerprint density at radius 1 is 1.25 bits per heavy atom. The molecule has 0 aliphatic carbocycles. The minimum atomic E-state index is -3.42. The average Bonchev–Trinajstić information content (AvgIpc) is 2.59. The summed E-state index contributed by atoms with van der Waals surface area (Å²) in [6.07, 6.45) is 2.37. The minimum Gasteiger partial charge on any atom is -0.393 e. The molecule has 0 radical (unpaired) electrons. The SMILES string of the molecule is CC(C)(C)C(O)CCNC(=O)C(=O)Nc1ccc2c(c1)N(S(C)(=O)=O)CCC2. The number of nitrogens with one attached hydrogen (secondary N) is 2. The van der Waals surface area contributed by atoms with Crippen LogP contribution in [0.2, 0.25) is 0 Å². The van der Waals surface area contributed by atoms with Crippen LogP contribution in [-0.4, -0.2) is 50.8 Å². The Balaban J connectivity index is 2.00. The third-order valence-electron chi connectivity index (χ3n) is 4.73. The van der Waals surface area contributed by atoms with E-state index in [-0.39, 0.29) is 12.0 Å². The van der Waals surface area contributed by atoms with E-state index in [4.69, 9.17) is 0 Å². The van der Waals surface area contributed by atoms with Crippen LogP contribution < -0.4 is 14.9 Å². The molecule has 0 spiro atoms. The van der Waals surface area contributed by atoms with Crippen molar-refractivity contribution in [3.63, 3.8) is 0 Å². The first-order valence-electron chi connectivity index (χ1n) is 9.27. The number of carbonyl (C=O) groups excluding carboxylic acids is 2. The third kappa shape index (κ3) is 5.68. The molecule has 0 saturated carbocycles. The van der Waals surface area contributed by atoms with Gasteiger partial charge in [0, 0.05) is 18.8 Å². The zero-order chi connectivity index (χ0) is 21.1. The fourth-order valence-electron chi connectivity index (χ4n) is 2.99. The van der Waals surface area contributed by atoms with Gasteiger partial charge in [0.25, 0.3) is 0 Å². The van der Waals surface area contributed by atoms with Gasteiger partial charge in [0.15, 0.2) is 0 Å². The third-order valence-corrected chi connectivity index (χ3v) is 5.91. The highest BCUT2D eigenvalue weighted by Gasteiger charge is 2.25. The molecule has 9 heteroatoms. The maximum atomic E-state index is 12.1. The molecule has 2 amide bonds. The summed E-state index contributed by atoms with van der Waals surface area (Å²) in [7, 11) is -3.42. The molecule has 0 fully saturated rings. The van der Waals surface area contributed by atoms with Crippen molar-refractivity contribution in [3.05, 3.63) is 23.8 Å². The largest absolute Gasteiger partial charge is 0.393 e. The highest BCUT2D eigenvalue weighted by atomic mass is 32.2. The molecule has 3 N–H and O–H groups in total. The van der Waals surface area contributed by atoms with E-state index in [2.05, 4.69) is 10.6 Å². The minimum absolute atomic E-state index is 0.177. The van der Waals surface area contributed by atoms with Gasteiger partial charge in [0.05, 0.1) is 18.0 Å². The van der Waals surface area contributed by atoms with Crippen LogP contribution in [0, 0.1) is 5.41 Å². The molecule has 0 aromatic heterocycles. The van der Waals surface area contributed by atoms with Crippen LogP contribution in [0.5, 0.6) is 0 Å². The lowest BCUT2D eigenvalue weighted by Crippen LogP contribution is -2.38. The standard InChI is InChI=1S/C19H29N3O5S/c1-19(2,3)16(23)9-10-20-17(24)18(25)21-14-8-7-13-6-5-11-22(15(13)12-14)28(4,26)27/h7-8,12,16,23H,5-6,9-11H2,1-4H3,(H,20,24)(H,21,25). The lowest BCUT2D eigenvalue weighted by atomic mass is 9.87. The smallest absolute Gasteiger partial charge is 0.313 e. The molecule has 1 unspecified atom stereocenters. The highest BCUT2D eigenvalue weighted by molar-refractivity contribution is 7.92. The van der Waals surface area contributed by atoms with E-state index < -0.39 is 27.9 Å². The first kappa shape index (κ1) is 22.2. The molecule has 1 aliphatic rings. The number of benzene rings is 1. The predicted molar refractivity (Wildman–Crippen MR) is 109 cm³/mol. The number of fused-ring (bicyclic) bond motifs is 1. The molecule has 1 heterocycles. The molecule has 8 nitrogen and oxygen atoms in total. The Kier molecular flexibility index (Phi) is 6.71. The number of anilines is 2. The summed E-state index contributed by atoms with van der Waals surface area (Å²) >= 11 is 0. The van der Waals surface area contributed by atoms with E-state index in [1.54, 1.807) is 18.2 Å². The number of carbonyl (C=O) groups is 2. The van der Waals surface area contributed by atoms with E-state index in [1.807, 2.05) is 20.8 Å². The first-order chi connectivity index (χ1) is 12.9. The Bertz CT molecular complexity index is 846. The molecule has 1 aliphatic heterocycles. The van der Waals surface area contributed by atoms with E-state index in [0.717, 1.165) is 24.7 Å². The second kappa shape index (κ2) is 8.48. The van der Waals surface area contributed by atoms with E-state index in [1.165, 1.54) is 4.31 Å². The van der Waals surface area contributed by atoms with Gasteiger partial charge in [0.2, 0.25) is 10.0 Å². The lowest BCUT2D eigenvalue weighted by molar-refractivity contribution is -0.136. The number of hydrogen-bond acceptors (Lipinski definition) is 5. The molecule has 1 aromatic rings. The van der Waals surface area contributed by atoms with Gasteiger partial charge in [0.1, 0.15) is 0 Å². The summed E-state index contributed by atoms with van der Waals surface area (Å²) in [6.45, 7) is 6.24. The number of amides is 2. The monoisotopic (exact) mass is 411 g/mol. The van der Waals surface area contributed by atoms with Crippen molar-refractivity contribution in [2.75, 3.05) is 29.0 Å². The van der Waals surface area contributed by atoms with Crippen molar-refractivity contribution in [3.8, 4) is 0 Å². The van der Waals surface area contributed by atoms with Crippen molar-refractivity contribution >= 4 is 33.2 Å². The molecular weight excluding hydrogens is 382 g/mol. The Labute approximate surface area is 166 Å². The molecule has 1 atom stereocenters. The molecule has 0 saturated heterocycles. The van der Waals surface area contributed by atoms with Gasteiger partial charge in [-0.15, -0.1) is 0 Å². The second-order valence-electron chi connectivity index (χ2n) is 8.16. The number of aliphatic hydroxyl groups excluding tert-OH is 1. The normalized spacial score (nSPS) is 15.5. The topological polar surface area (TPSA) is 116 Å². The number of aryl methyl sites for hydroxylation is 1. The van der Waals surface area contributed by atoms with Gasteiger partial charge in [-0.2, -0.15) is 0 Å². The van der Waals surface area contributed by atoms with Crippen LogP contribution in [0.4, 0.5) is 11.4 Å². The average molecular weight is 412 g/mol. The van der Waals surface area contributed by atoms with Crippen LogP contribution in [0.25, 0.3) is 0 Å². The van der Waals surface area contributed by atoms with Gasteiger partial charge in [-0.05, 0) is 42.4 Å². The van der Waals surface area contributed by atoms with Crippen molar-refractivity contribution in [2.45, 2.75) is 46.1 Å². The zero-order valence-electron chi connectivity index (χ0n) is 16.8. The molecule has 28 heavy (non-hydrogen) atoms. The van der Waals surface area contributed by atoms with Crippen molar-refractivity contribution < 1.29 is 23.1 Å². The summed E-state index contributed by atoms with van der Waals surface area (Å²) in [6, 6.07) is 4.99. The number of hydrogen-bond donors (Lipinski definition) is 3. The lowest BCUT2D eigenvalue weighted by Gasteiger charge is -2.29. The Morgan fingerprint density at radius 3 is 2.54 bits per heavy atom. The molecule has 1 aromatic carbocycles. The fraction of sp³-hybridized carbons (Fsp3) is 0.579. The Morgan fingerprint density at radius 2 is 1.93 bits per heavy atom. The van der Waals surface area contributed by atoms with Crippen molar-refractivity contribution in [2.24, 2.45) is 5.41 Å².